The predicted octanol–water partition coefficient (Wildman–Crippen LogP) is 6.37. The zero-order chi connectivity index (χ0) is 22.9. The lowest BCUT2D eigenvalue weighted by molar-refractivity contribution is 0.102. The maximum atomic E-state index is 13.1. The SMILES string of the molecule is O=C(Nc1nc(-c2cc(Cl)sc2Cl)cs1)c1ccccc1NS(=O)(=O)c1ccc(F)cc1. The highest BCUT2D eigenvalue weighted by molar-refractivity contribution is 7.92. The van der Waals surface area contributed by atoms with Crippen LogP contribution in [0.3, 0.4) is 0 Å². The monoisotopic (exact) mass is 527 g/mol. The molecule has 0 unspecified atom stereocenters. The van der Waals surface area contributed by atoms with Crippen molar-refractivity contribution in [3.8, 4) is 11.3 Å². The second-order valence-electron chi connectivity index (χ2n) is 6.33. The molecule has 2 heterocycles. The van der Waals surface area contributed by atoms with E-state index in [1.807, 2.05) is 0 Å². The minimum atomic E-state index is -4.03. The number of thiazole rings is 1. The fourth-order valence-electron chi connectivity index (χ4n) is 2.72. The number of halogens is 3. The average molecular weight is 528 g/mol. The average Bonchev–Trinajstić information content (AvgIpc) is 3.33. The molecule has 0 aliphatic carbocycles. The molecular weight excluding hydrogens is 516 g/mol. The van der Waals surface area contributed by atoms with Crippen molar-refractivity contribution >= 4 is 72.6 Å². The highest BCUT2D eigenvalue weighted by Gasteiger charge is 2.20. The number of amides is 1. The molecule has 164 valence electrons. The normalized spacial score (nSPS) is 11.3. The van der Waals surface area contributed by atoms with Crippen molar-refractivity contribution < 1.29 is 17.6 Å². The molecular formula is C20H12Cl2FN3O3S3. The molecule has 32 heavy (non-hydrogen) atoms. The zero-order valence-corrected chi connectivity index (χ0v) is 19.8. The Morgan fingerprint density at radius 2 is 1.78 bits per heavy atom. The number of carbonyl (C=O) groups excluding carboxylic acids is 1. The first-order chi connectivity index (χ1) is 15.2. The topological polar surface area (TPSA) is 88.2 Å². The summed E-state index contributed by atoms with van der Waals surface area (Å²) in [5.74, 6) is -1.12. The van der Waals surface area contributed by atoms with Gasteiger partial charge in [0.05, 0.1) is 26.2 Å². The third-order valence-electron chi connectivity index (χ3n) is 4.20. The number of hydrogen-bond donors (Lipinski definition) is 2. The van der Waals surface area contributed by atoms with Gasteiger partial charge in [-0.15, -0.1) is 22.7 Å². The lowest BCUT2D eigenvalue weighted by Crippen LogP contribution is -2.18. The first-order valence-electron chi connectivity index (χ1n) is 8.82. The van der Waals surface area contributed by atoms with Crippen LogP contribution in [0.25, 0.3) is 11.3 Å². The summed E-state index contributed by atoms with van der Waals surface area (Å²) in [4.78, 5) is 17.1. The van der Waals surface area contributed by atoms with E-state index < -0.39 is 21.7 Å². The fraction of sp³-hybridized carbons (Fsp3) is 0. The van der Waals surface area contributed by atoms with Crippen molar-refractivity contribution in [3.05, 3.63) is 80.0 Å². The molecule has 2 N–H and O–H groups in total. The Labute approximate surface area is 200 Å². The maximum Gasteiger partial charge on any atom is 0.261 e. The molecule has 12 heteroatoms. The summed E-state index contributed by atoms with van der Waals surface area (Å²) in [6.45, 7) is 0. The Morgan fingerprint density at radius 3 is 2.47 bits per heavy atom. The number of thiophene rings is 1. The molecule has 4 rings (SSSR count). The van der Waals surface area contributed by atoms with Gasteiger partial charge in [-0.2, -0.15) is 0 Å². The number of para-hydroxylation sites is 1. The molecule has 0 aliphatic rings. The van der Waals surface area contributed by atoms with Gasteiger partial charge in [-0.1, -0.05) is 35.3 Å². The van der Waals surface area contributed by atoms with E-state index >= 15 is 0 Å². The van der Waals surface area contributed by atoms with E-state index in [0.717, 1.165) is 24.3 Å². The Hall–Kier alpha value is -2.50. The van der Waals surface area contributed by atoms with Crippen LogP contribution in [0.1, 0.15) is 10.4 Å². The van der Waals surface area contributed by atoms with Gasteiger partial charge in [-0.3, -0.25) is 14.8 Å². The number of nitrogens with one attached hydrogen (secondary N) is 2. The van der Waals surface area contributed by atoms with Crippen molar-refractivity contribution in [1.29, 1.82) is 0 Å². The van der Waals surface area contributed by atoms with E-state index in [4.69, 9.17) is 23.2 Å². The van der Waals surface area contributed by atoms with Gasteiger partial charge in [0.25, 0.3) is 15.9 Å². The number of carbonyl (C=O) groups is 1. The lowest BCUT2D eigenvalue weighted by Gasteiger charge is -2.12. The summed E-state index contributed by atoms with van der Waals surface area (Å²) in [6.07, 6.45) is 0. The first-order valence-corrected chi connectivity index (χ1v) is 12.8. The molecule has 0 atom stereocenters. The molecule has 0 aliphatic heterocycles. The van der Waals surface area contributed by atoms with Gasteiger partial charge in [-0.25, -0.2) is 17.8 Å². The van der Waals surface area contributed by atoms with Gasteiger partial charge in [0.2, 0.25) is 0 Å². The number of aromatic nitrogens is 1. The smallest absolute Gasteiger partial charge is 0.261 e. The van der Waals surface area contributed by atoms with Crippen LogP contribution >= 0.6 is 45.9 Å². The summed E-state index contributed by atoms with van der Waals surface area (Å²) in [7, 11) is -4.03. The number of benzene rings is 2. The molecule has 0 bridgehead atoms. The first kappa shape index (κ1) is 22.7. The molecule has 0 spiro atoms. The summed E-state index contributed by atoms with van der Waals surface area (Å²) in [5.41, 5.74) is 1.37. The van der Waals surface area contributed by atoms with Gasteiger partial charge in [-0.05, 0) is 42.5 Å². The Morgan fingerprint density at radius 1 is 1.06 bits per heavy atom. The van der Waals surface area contributed by atoms with Gasteiger partial charge < -0.3 is 0 Å². The van der Waals surface area contributed by atoms with E-state index in [1.54, 1.807) is 23.6 Å². The van der Waals surface area contributed by atoms with Crippen LogP contribution in [-0.4, -0.2) is 19.3 Å². The zero-order valence-electron chi connectivity index (χ0n) is 15.8. The third-order valence-corrected chi connectivity index (χ3v) is 7.82. The van der Waals surface area contributed by atoms with E-state index in [0.29, 0.717) is 25.1 Å². The molecule has 2 aromatic carbocycles. The number of sulfonamides is 1. The van der Waals surface area contributed by atoms with E-state index in [1.165, 1.54) is 34.8 Å². The van der Waals surface area contributed by atoms with E-state index in [-0.39, 0.29) is 16.1 Å². The second kappa shape index (κ2) is 9.16. The van der Waals surface area contributed by atoms with Gasteiger partial charge >= 0.3 is 0 Å². The molecule has 0 fully saturated rings. The lowest BCUT2D eigenvalue weighted by atomic mass is 10.2. The molecule has 0 radical (unpaired) electrons. The largest absolute Gasteiger partial charge is 0.298 e. The molecule has 4 aromatic rings. The molecule has 2 aromatic heterocycles. The van der Waals surface area contributed by atoms with Crippen molar-refractivity contribution in [3.63, 3.8) is 0 Å². The quantitative estimate of drug-likeness (QED) is 0.304. The minimum absolute atomic E-state index is 0.0683. The standard InChI is InChI=1S/C20H12Cl2FN3O3S3/c21-17-9-14(18(22)31-17)16-10-30-20(24-16)25-19(27)13-3-1-2-4-15(13)26-32(28,29)12-7-5-11(23)6-8-12/h1-10,26H,(H,24,25,27). The number of hydrogen-bond acceptors (Lipinski definition) is 6. The highest BCUT2D eigenvalue weighted by atomic mass is 35.5. The van der Waals surface area contributed by atoms with Gasteiger partial charge in [0.15, 0.2) is 5.13 Å². The maximum absolute atomic E-state index is 13.1. The molecule has 0 saturated carbocycles. The van der Waals surface area contributed by atoms with Crippen LogP contribution in [0.4, 0.5) is 15.2 Å². The van der Waals surface area contributed by atoms with Gasteiger partial charge in [0.1, 0.15) is 10.2 Å². The number of rotatable bonds is 6. The summed E-state index contributed by atoms with van der Waals surface area (Å²) < 4.78 is 41.8. The summed E-state index contributed by atoms with van der Waals surface area (Å²) in [5, 5.41) is 4.69. The Balaban J connectivity index is 1.56. The van der Waals surface area contributed by atoms with Crippen molar-refractivity contribution in [1.82, 2.24) is 4.98 Å². The van der Waals surface area contributed by atoms with Crippen molar-refractivity contribution in [2.45, 2.75) is 4.90 Å². The fourth-order valence-corrected chi connectivity index (χ4v) is 5.99. The third kappa shape index (κ3) is 4.94. The van der Waals surface area contributed by atoms with Crippen LogP contribution in [0, 0.1) is 5.82 Å². The molecule has 6 nitrogen and oxygen atoms in total. The molecule has 1 amide bonds. The van der Waals surface area contributed by atoms with Crippen molar-refractivity contribution in [2.24, 2.45) is 0 Å². The van der Waals surface area contributed by atoms with Crippen LogP contribution < -0.4 is 10.0 Å². The Kier molecular flexibility index (Phi) is 6.50. The van der Waals surface area contributed by atoms with E-state index in [2.05, 4.69) is 15.0 Å². The number of nitrogens with zero attached hydrogens (tertiary/aromatic N) is 1. The minimum Gasteiger partial charge on any atom is -0.298 e. The predicted molar refractivity (Wildman–Crippen MR) is 127 cm³/mol. The van der Waals surface area contributed by atoms with E-state index in [9.17, 15) is 17.6 Å². The van der Waals surface area contributed by atoms with Gasteiger partial charge in [0, 0.05) is 10.9 Å². The van der Waals surface area contributed by atoms with Crippen LogP contribution in [0.5, 0.6) is 0 Å². The Bertz CT molecular complexity index is 1400. The highest BCUT2D eigenvalue weighted by Crippen LogP contribution is 2.39. The molecule has 0 saturated heterocycles. The number of anilines is 2. The summed E-state index contributed by atoms with van der Waals surface area (Å²) in [6, 6.07) is 12.2. The van der Waals surface area contributed by atoms with Crippen LogP contribution in [0.15, 0.2) is 64.9 Å². The van der Waals surface area contributed by atoms with Crippen molar-refractivity contribution in [2.75, 3.05) is 10.0 Å². The van der Waals surface area contributed by atoms with Crippen LogP contribution in [-0.2, 0) is 10.0 Å². The summed E-state index contributed by atoms with van der Waals surface area (Å²) >= 11 is 14.5. The second-order valence-corrected chi connectivity index (χ2v) is 11.2. The van der Waals surface area contributed by atoms with Crippen LogP contribution in [0.2, 0.25) is 8.67 Å².